The van der Waals surface area contributed by atoms with Gasteiger partial charge in [-0.25, -0.2) is 0 Å². The van der Waals surface area contributed by atoms with Crippen LogP contribution >= 0.6 is 0 Å². The van der Waals surface area contributed by atoms with Crippen molar-refractivity contribution in [2.75, 3.05) is 0 Å². The van der Waals surface area contributed by atoms with Crippen LogP contribution in [0, 0.1) is 5.92 Å². The van der Waals surface area contributed by atoms with E-state index in [0.717, 1.165) is 18.4 Å². The van der Waals surface area contributed by atoms with Crippen molar-refractivity contribution >= 4 is 10.8 Å². The summed E-state index contributed by atoms with van der Waals surface area (Å²) in [5.41, 5.74) is 7.17. The van der Waals surface area contributed by atoms with E-state index in [2.05, 4.69) is 38.1 Å². The van der Waals surface area contributed by atoms with Crippen LogP contribution in [0.5, 0.6) is 0 Å². The van der Waals surface area contributed by atoms with Crippen molar-refractivity contribution in [3.63, 3.8) is 0 Å². The lowest BCUT2D eigenvalue weighted by atomic mass is 9.94. The van der Waals surface area contributed by atoms with Gasteiger partial charge < -0.3 is 10.8 Å². The zero-order valence-electron chi connectivity index (χ0n) is 11.7. The van der Waals surface area contributed by atoms with Crippen molar-refractivity contribution < 1.29 is 5.11 Å². The van der Waals surface area contributed by atoms with Crippen molar-refractivity contribution in [3.05, 3.63) is 48.0 Å². The first-order valence-electron chi connectivity index (χ1n) is 7.00. The molecule has 0 aliphatic carbocycles. The maximum Gasteiger partial charge on any atom is 0.0732 e. The third kappa shape index (κ3) is 3.55. The Balaban J connectivity index is 2.14. The summed E-state index contributed by atoms with van der Waals surface area (Å²) >= 11 is 0. The summed E-state index contributed by atoms with van der Waals surface area (Å²) in [6.45, 7) is 4.32. The monoisotopic (exact) mass is 257 g/mol. The van der Waals surface area contributed by atoms with Crippen LogP contribution in [0.1, 0.15) is 38.3 Å². The molecular formula is C17H23NO. The third-order valence-corrected chi connectivity index (χ3v) is 3.61. The average Bonchev–Trinajstić information content (AvgIpc) is 2.43. The second-order valence-corrected chi connectivity index (χ2v) is 5.67. The fourth-order valence-corrected chi connectivity index (χ4v) is 2.32. The molecule has 0 unspecified atom stereocenters. The first-order valence-corrected chi connectivity index (χ1v) is 7.00. The molecular weight excluding hydrogens is 234 g/mol. The standard InChI is InChI=1S/C17H23NO/c1-12(2)7-10-16(19)17(18)15-9-8-13-5-3-4-6-14(13)11-15/h3-6,8-9,11-12,16-17,19H,7,10,18H2,1-2H3/t16-,17+/m1/s1. The Kier molecular flexibility index (Phi) is 4.56. The average molecular weight is 257 g/mol. The molecule has 0 spiro atoms. The molecule has 0 saturated heterocycles. The van der Waals surface area contributed by atoms with Gasteiger partial charge in [-0.2, -0.15) is 0 Å². The molecule has 0 heterocycles. The topological polar surface area (TPSA) is 46.2 Å². The molecule has 0 saturated carbocycles. The van der Waals surface area contributed by atoms with Crippen LogP contribution < -0.4 is 5.73 Å². The van der Waals surface area contributed by atoms with Gasteiger partial charge in [0.25, 0.3) is 0 Å². The molecule has 102 valence electrons. The highest BCUT2D eigenvalue weighted by Crippen LogP contribution is 2.23. The molecule has 0 aliphatic heterocycles. The van der Waals surface area contributed by atoms with Crippen molar-refractivity contribution in [2.45, 2.75) is 38.8 Å². The van der Waals surface area contributed by atoms with E-state index in [1.807, 2.05) is 18.2 Å². The fourth-order valence-electron chi connectivity index (χ4n) is 2.32. The van der Waals surface area contributed by atoms with E-state index in [1.165, 1.54) is 10.8 Å². The molecule has 0 radical (unpaired) electrons. The summed E-state index contributed by atoms with van der Waals surface area (Å²) < 4.78 is 0. The zero-order valence-corrected chi connectivity index (χ0v) is 11.7. The van der Waals surface area contributed by atoms with Gasteiger partial charge in [0.05, 0.1) is 12.1 Å². The summed E-state index contributed by atoms with van der Waals surface area (Å²) in [4.78, 5) is 0. The van der Waals surface area contributed by atoms with Crippen LogP contribution in [0.2, 0.25) is 0 Å². The quantitative estimate of drug-likeness (QED) is 0.859. The lowest BCUT2D eigenvalue weighted by Crippen LogP contribution is -2.26. The van der Waals surface area contributed by atoms with E-state index in [9.17, 15) is 5.11 Å². The first kappa shape index (κ1) is 14.0. The summed E-state index contributed by atoms with van der Waals surface area (Å²) in [5, 5.41) is 12.5. The summed E-state index contributed by atoms with van der Waals surface area (Å²) in [6.07, 6.45) is 1.29. The molecule has 2 nitrogen and oxygen atoms in total. The summed E-state index contributed by atoms with van der Waals surface area (Å²) in [7, 11) is 0. The SMILES string of the molecule is CC(C)CC[C@@H](O)[C@@H](N)c1ccc2ccccc2c1. The molecule has 19 heavy (non-hydrogen) atoms. The molecule has 0 aromatic heterocycles. The molecule has 2 atom stereocenters. The van der Waals surface area contributed by atoms with Gasteiger partial charge in [0.2, 0.25) is 0 Å². The summed E-state index contributed by atoms with van der Waals surface area (Å²) in [5.74, 6) is 0.596. The Morgan fingerprint density at radius 2 is 1.68 bits per heavy atom. The molecule has 0 fully saturated rings. The van der Waals surface area contributed by atoms with Crippen LogP contribution in [0.3, 0.4) is 0 Å². The van der Waals surface area contributed by atoms with Crippen LogP contribution in [0.15, 0.2) is 42.5 Å². The number of fused-ring (bicyclic) bond motifs is 1. The van der Waals surface area contributed by atoms with Gasteiger partial charge in [0.1, 0.15) is 0 Å². The number of benzene rings is 2. The number of rotatable bonds is 5. The van der Waals surface area contributed by atoms with E-state index >= 15 is 0 Å². The number of hydrogen-bond acceptors (Lipinski definition) is 2. The number of hydrogen-bond donors (Lipinski definition) is 2. The second-order valence-electron chi connectivity index (χ2n) is 5.67. The minimum absolute atomic E-state index is 0.302. The van der Waals surface area contributed by atoms with Crippen LogP contribution in [0.4, 0.5) is 0 Å². The van der Waals surface area contributed by atoms with Crippen LogP contribution in [0.25, 0.3) is 10.8 Å². The largest absolute Gasteiger partial charge is 0.391 e. The van der Waals surface area contributed by atoms with Crippen molar-refractivity contribution in [2.24, 2.45) is 11.7 Å². The molecule has 2 aromatic carbocycles. The molecule has 0 bridgehead atoms. The van der Waals surface area contributed by atoms with Gasteiger partial charge in [0.15, 0.2) is 0 Å². The van der Waals surface area contributed by atoms with Gasteiger partial charge in [-0.1, -0.05) is 50.2 Å². The highest BCUT2D eigenvalue weighted by atomic mass is 16.3. The van der Waals surface area contributed by atoms with E-state index in [1.54, 1.807) is 0 Å². The van der Waals surface area contributed by atoms with Crippen molar-refractivity contribution in [1.29, 1.82) is 0 Å². The van der Waals surface area contributed by atoms with E-state index in [0.29, 0.717) is 5.92 Å². The lowest BCUT2D eigenvalue weighted by molar-refractivity contribution is 0.128. The third-order valence-electron chi connectivity index (χ3n) is 3.61. The predicted octanol–water partition coefficient (Wildman–Crippen LogP) is 3.64. The van der Waals surface area contributed by atoms with Gasteiger partial charge in [-0.15, -0.1) is 0 Å². The minimum Gasteiger partial charge on any atom is -0.391 e. The number of nitrogens with two attached hydrogens (primary N) is 1. The maximum atomic E-state index is 10.2. The Morgan fingerprint density at radius 3 is 2.37 bits per heavy atom. The van der Waals surface area contributed by atoms with Crippen LogP contribution in [-0.4, -0.2) is 11.2 Å². The maximum absolute atomic E-state index is 10.2. The Labute approximate surface area is 115 Å². The Hall–Kier alpha value is -1.38. The Bertz CT molecular complexity index is 536. The van der Waals surface area contributed by atoms with E-state index < -0.39 is 6.10 Å². The van der Waals surface area contributed by atoms with Crippen LogP contribution in [-0.2, 0) is 0 Å². The van der Waals surface area contributed by atoms with Gasteiger partial charge in [0, 0.05) is 0 Å². The molecule has 0 amide bonds. The first-order chi connectivity index (χ1) is 9.08. The fraction of sp³-hybridized carbons (Fsp3) is 0.412. The minimum atomic E-state index is -0.469. The normalized spacial score (nSPS) is 14.8. The van der Waals surface area contributed by atoms with Gasteiger partial charge in [-0.3, -0.25) is 0 Å². The number of aliphatic hydroxyl groups is 1. The zero-order chi connectivity index (χ0) is 13.8. The highest BCUT2D eigenvalue weighted by Gasteiger charge is 2.17. The highest BCUT2D eigenvalue weighted by molar-refractivity contribution is 5.83. The molecule has 0 aliphatic rings. The van der Waals surface area contributed by atoms with E-state index in [-0.39, 0.29) is 6.04 Å². The molecule has 2 rings (SSSR count). The molecule has 3 N–H and O–H groups in total. The van der Waals surface area contributed by atoms with E-state index in [4.69, 9.17) is 5.73 Å². The van der Waals surface area contributed by atoms with Crippen molar-refractivity contribution in [3.8, 4) is 0 Å². The molecule has 2 heteroatoms. The van der Waals surface area contributed by atoms with Gasteiger partial charge in [-0.05, 0) is 41.2 Å². The second kappa shape index (κ2) is 6.18. The number of aliphatic hydroxyl groups excluding tert-OH is 1. The Morgan fingerprint density at radius 1 is 1.00 bits per heavy atom. The van der Waals surface area contributed by atoms with Gasteiger partial charge >= 0.3 is 0 Å². The van der Waals surface area contributed by atoms with Crippen molar-refractivity contribution in [1.82, 2.24) is 0 Å². The molecule has 2 aromatic rings. The lowest BCUT2D eigenvalue weighted by Gasteiger charge is -2.20. The summed E-state index contributed by atoms with van der Waals surface area (Å²) in [6, 6.07) is 14.1. The predicted molar refractivity (Wildman–Crippen MR) is 81.0 cm³/mol. The smallest absolute Gasteiger partial charge is 0.0732 e.